The van der Waals surface area contributed by atoms with Gasteiger partial charge in [0, 0.05) is 4.91 Å². The molecule has 0 aromatic rings. The molecule has 0 unspecified atom stereocenters. The Morgan fingerprint density at radius 3 is 2.47 bits per heavy atom. The van der Waals surface area contributed by atoms with E-state index in [-0.39, 0.29) is 6.29 Å². The van der Waals surface area contributed by atoms with Gasteiger partial charge in [-0.3, -0.25) is 9.59 Å². The number of carbonyl (C=O) groups excluding carboxylic acids is 2. The number of carbonyl (C=O) groups is 2. The summed E-state index contributed by atoms with van der Waals surface area (Å²) in [7, 11) is 0. The van der Waals surface area contributed by atoms with E-state index in [2.05, 4.69) is 10.0 Å². The fourth-order valence-corrected chi connectivity index (χ4v) is 1.11. The summed E-state index contributed by atoms with van der Waals surface area (Å²) in [4.78, 5) is 24.1. The molecule has 0 radical (unpaired) electrons. The van der Waals surface area contributed by atoms with E-state index < -0.39 is 43.1 Å². The summed E-state index contributed by atoms with van der Waals surface area (Å²) in [6, 6.07) is 0. The Labute approximate surface area is 106 Å². The lowest BCUT2D eigenvalue weighted by atomic mass is 9.98. The summed E-state index contributed by atoms with van der Waals surface area (Å²) in [5.41, 5.74) is 5.06. The van der Waals surface area contributed by atoms with Crippen molar-refractivity contribution >= 4 is 12.2 Å². The third kappa shape index (κ3) is 4.79. The van der Waals surface area contributed by atoms with Crippen molar-refractivity contribution in [3.8, 4) is 0 Å². The van der Waals surface area contributed by atoms with Crippen LogP contribution in [0.15, 0.2) is 5.11 Å². The first-order chi connectivity index (χ1) is 8.82. The van der Waals surface area contributed by atoms with Crippen LogP contribution in [0.3, 0.4) is 0 Å². The minimum absolute atomic E-state index is 0.279. The average molecular weight is 278 g/mol. The molecule has 0 saturated carbocycles. The summed E-state index contributed by atoms with van der Waals surface area (Å²) >= 11 is 0. The Morgan fingerprint density at radius 2 is 2.05 bits per heavy atom. The van der Waals surface area contributed by atoms with Gasteiger partial charge < -0.3 is 30.8 Å². The first-order valence-corrected chi connectivity index (χ1v) is 4.98. The standard InChI is InChI=1S/C8H14N4O7/c9-12-10-1-5(16)11-8(19,3-14)7(18)6(17)4(15)2-13/h3-4,6-7,13,15,17-19H,1-2H2,(H,11,16)/t4-,6+,7+,8+/m1/s1. The number of azide groups is 1. The molecule has 11 nitrogen and oxygen atoms in total. The number of amides is 1. The van der Waals surface area contributed by atoms with Gasteiger partial charge in [-0.15, -0.1) is 0 Å². The van der Waals surface area contributed by atoms with Crippen molar-refractivity contribution in [2.24, 2.45) is 5.11 Å². The predicted molar refractivity (Wildman–Crippen MR) is 58.3 cm³/mol. The van der Waals surface area contributed by atoms with Gasteiger partial charge in [0.1, 0.15) is 24.9 Å². The van der Waals surface area contributed by atoms with Gasteiger partial charge >= 0.3 is 0 Å². The van der Waals surface area contributed by atoms with E-state index in [1.54, 1.807) is 5.32 Å². The van der Waals surface area contributed by atoms with Crippen molar-refractivity contribution < 1.29 is 35.1 Å². The van der Waals surface area contributed by atoms with Crippen molar-refractivity contribution in [3.05, 3.63) is 10.4 Å². The van der Waals surface area contributed by atoms with Crippen molar-refractivity contribution in [2.45, 2.75) is 24.0 Å². The lowest BCUT2D eigenvalue weighted by molar-refractivity contribution is -0.176. The van der Waals surface area contributed by atoms with Crippen LogP contribution >= 0.6 is 0 Å². The molecule has 0 aliphatic carbocycles. The molecule has 108 valence electrons. The van der Waals surface area contributed by atoms with E-state index >= 15 is 0 Å². The van der Waals surface area contributed by atoms with E-state index in [0.717, 1.165) is 0 Å². The van der Waals surface area contributed by atoms with Crippen molar-refractivity contribution in [1.29, 1.82) is 0 Å². The second-order valence-corrected chi connectivity index (χ2v) is 3.57. The van der Waals surface area contributed by atoms with Gasteiger partial charge in [-0.1, -0.05) is 5.11 Å². The molecule has 4 atom stereocenters. The zero-order valence-corrected chi connectivity index (χ0v) is 9.62. The zero-order chi connectivity index (χ0) is 15.1. The Balaban J connectivity index is 4.88. The lowest BCUT2D eigenvalue weighted by Crippen LogP contribution is -2.64. The van der Waals surface area contributed by atoms with Gasteiger partial charge in [-0.05, 0) is 5.53 Å². The third-order valence-electron chi connectivity index (χ3n) is 2.15. The lowest BCUT2D eigenvalue weighted by Gasteiger charge is -2.32. The number of nitrogens with zero attached hydrogens (tertiary/aromatic N) is 3. The smallest absolute Gasteiger partial charge is 0.228 e. The summed E-state index contributed by atoms with van der Waals surface area (Å²) < 4.78 is 0. The number of hydrogen-bond acceptors (Lipinski definition) is 8. The van der Waals surface area contributed by atoms with Gasteiger partial charge in [0.15, 0.2) is 6.29 Å². The molecule has 0 aliphatic rings. The van der Waals surface area contributed by atoms with E-state index in [4.69, 9.17) is 15.7 Å². The highest BCUT2D eigenvalue weighted by Crippen LogP contribution is 2.11. The Kier molecular flexibility index (Phi) is 6.93. The number of rotatable bonds is 8. The van der Waals surface area contributed by atoms with Crippen LogP contribution < -0.4 is 5.32 Å². The molecular formula is C8H14N4O7. The predicted octanol–water partition coefficient (Wildman–Crippen LogP) is -3.62. The average Bonchev–Trinajstić information content (AvgIpc) is 2.42. The molecule has 0 aromatic heterocycles. The Bertz CT molecular complexity index is 372. The number of nitrogens with one attached hydrogen (secondary N) is 1. The van der Waals surface area contributed by atoms with Crippen LogP contribution in [0, 0.1) is 0 Å². The van der Waals surface area contributed by atoms with Gasteiger partial charge in [-0.2, -0.15) is 0 Å². The Morgan fingerprint density at radius 1 is 1.47 bits per heavy atom. The molecule has 6 N–H and O–H groups in total. The maximum absolute atomic E-state index is 11.1. The summed E-state index contributed by atoms with van der Waals surface area (Å²) in [5.74, 6) is -1.10. The molecular weight excluding hydrogens is 264 g/mol. The maximum Gasteiger partial charge on any atom is 0.228 e. The number of aldehydes is 1. The number of aliphatic hydroxyl groups excluding tert-OH is 4. The van der Waals surface area contributed by atoms with Crippen LogP contribution in [0.25, 0.3) is 10.4 Å². The fourth-order valence-electron chi connectivity index (χ4n) is 1.11. The molecule has 0 saturated heterocycles. The minimum atomic E-state index is -2.91. The first-order valence-electron chi connectivity index (χ1n) is 4.98. The molecule has 19 heavy (non-hydrogen) atoms. The maximum atomic E-state index is 11.1. The SMILES string of the molecule is [N-]=[N+]=NCC(=O)N[C@](O)(C=O)[C@@H](O)[C@@H](O)[C@H](O)CO. The van der Waals surface area contributed by atoms with Gasteiger partial charge in [-0.25, -0.2) is 0 Å². The Hall–Kier alpha value is -1.75. The zero-order valence-electron chi connectivity index (χ0n) is 9.62. The monoisotopic (exact) mass is 278 g/mol. The molecule has 11 heteroatoms. The molecule has 0 aromatic carbocycles. The highest BCUT2D eigenvalue weighted by atomic mass is 16.4. The number of aliphatic hydroxyl groups is 5. The second kappa shape index (κ2) is 7.63. The largest absolute Gasteiger partial charge is 0.394 e. The minimum Gasteiger partial charge on any atom is -0.394 e. The first kappa shape index (κ1) is 17.2. The molecule has 0 rings (SSSR count). The van der Waals surface area contributed by atoms with E-state index in [0.29, 0.717) is 0 Å². The van der Waals surface area contributed by atoms with Gasteiger partial charge in [0.2, 0.25) is 11.6 Å². The summed E-state index contributed by atoms with van der Waals surface area (Å²) in [5, 5.41) is 50.6. The molecule has 0 aliphatic heterocycles. The molecule has 0 heterocycles. The van der Waals surface area contributed by atoms with Crippen LogP contribution in [0.5, 0.6) is 0 Å². The van der Waals surface area contributed by atoms with Crippen molar-refractivity contribution in [1.82, 2.24) is 5.32 Å². The van der Waals surface area contributed by atoms with E-state index in [1.807, 2.05) is 0 Å². The third-order valence-corrected chi connectivity index (χ3v) is 2.15. The normalized spacial score (nSPS) is 18.4. The molecule has 0 spiro atoms. The highest BCUT2D eigenvalue weighted by molar-refractivity contribution is 5.82. The topological polar surface area (TPSA) is 196 Å². The van der Waals surface area contributed by atoms with Crippen molar-refractivity contribution in [3.63, 3.8) is 0 Å². The second-order valence-electron chi connectivity index (χ2n) is 3.57. The quantitative estimate of drug-likeness (QED) is 0.0865. The van der Waals surface area contributed by atoms with Crippen LogP contribution in [0.2, 0.25) is 0 Å². The van der Waals surface area contributed by atoms with E-state index in [1.165, 1.54) is 0 Å². The molecule has 1 amide bonds. The number of hydrogen-bond donors (Lipinski definition) is 6. The van der Waals surface area contributed by atoms with E-state index in [9.17, 15) is 24.9 Å². The molecule has 0 bridgehead atoms. The molecule has 0 fully saturated rings. The summed E-state index contributed by atoms with van der Waals surface area (Å²) in [6.07, 6.45) is -6.52. The fraction of sp³-hybridized carbons (Fsp3) is 0.750. The van der Waals surface area contributed by atoms with Gasteiger partial charge in [0.05, 0.1) is 6.61 Å². The van der Waals surface area contributed by atoms with Crippen LogP contribution in [-0.4, -0.2) is 74.9 Å². The summed E-state index contributed by atoms with van der Waals surface area (Å²) in [6.45, 7) is -1.70. The van der Waals surface area contributed by atoms with Crippen LogP contribution in [0.1, 0.15) is 0 Å². The van der Waals surface area contributed by atoms with Crippen molar-refractivity contribution in [2.75, 3.05) is 13.2 Å². The van der Waals surface area contributed by atoms with Crippen LogP contribution in [-0.2, 0) is 9.59 Å². The van der Waals surface area contributed by atoms with Crippen LogP contribution in [0.4, 0.5) is 0 Å². The highest BCUT2D eigenvalue weighted by Gasteiger charge is 2.43. The van der Waals surface area contributed by atoms with Gasteiger partial charge in [0.25, 0.3) is 0 Å².